The third-order valence-electron chi connectivity index (χ3n) is 2.53. The van der Waals surface area contributed by atoms with Crippen LogP contribution in [0.25, 0.3) is 0 Å². The average molecular weight is 331 g/mol. The van der Waals surface area contributed by atoms with E-state index in [0.29, 0.717) is 22.3 Å². The van der Waals surface area contributed by atoms with E-state index in [1.165, 1.54) is 29.6 Å². The van der Waals surface area contributed by atoms with Crippen LogP contribution < -0.4 is 5.73 Å². The number of nitrogens with zero attached hydrogens (tertiary/aromatic N) is 2. The molecular formula is C13H12F3N3S2. The molecule has 0 aliphatic heterocycles. The van der Waals surface area contributed by atoms with Crippen LogP contribution in [-0.4, -0.2) is 16.2 Å². The molecule has 0 unspecified atom stereocenters. The molecule has 3 nitrogen and oxygen atoms in total. The van der Waals surface area contributed by atoms with Crippen molar-refractivity contribution in [3.05, 3.63) is 41.5 Å². The Hall–Kier alpha value is -1.41. The topological polar surface area (TPSA) is 51.8 Å². The molecule has 1 heterocycles. The Kier molecular flexibility index (Phi) is 5.00. The molecule has 112 valence electrons. The number of aromatic nitrogens is 2. The van der Waals surface area contributed by atoms with Crippen LogP contribution in [-0.2, 0) is 11.9 Å². The van der Waals surface area contributed by atoms with Crippen LogP contribution in [0.15, 0.2) is 40.5 Å². The van der Waals surface area contributed by atoms with Crippen molar-refractivity contribution in [2.24, 2.45) is 0 Å². The minimum absolute atomic E-state index is 0.348. The molecule has 0 saturated heterocycles. The zero-order chi connectivity index (χ0) is 15.5. The van der Waals surface area contributed by atoms with E-state index in [1.54, 1.807) is 12.1 Å². The zero-order valence-electron chi connectivity index (χ0n) is 11.0. The molecule has 0 aliphatic rings. The second kappa shape index (κ2) is 6.57. The van der Waals surface area contributed by atoms with Crippen LogP contribution >= 0.6 is 23.5 Å². The lowest BCUT2D eigenvalue weighted by atomic mass is 10.1. The van der Waals surface area contributed by atoms with Crippen molar-refractivity contribution in [3.63, 3.8) is 0 Å². The van der Waals surface area contributed by atoms with Crippen LogP contribution in [0, 0.1) is 0 Å². The highest BCUT2D eigenvalue weighted by Gasteiger charge is 2.30. The van der Waals surface area contributed by atoms with Gasteiger partial charge in [0.05, 0.1) is 5.56 Å². The van der Waals surface area contributed by atoms with Gasteiger partial charge in [-0.15, -0.1) is 11.8 Å². The molecular weight excluding hydrogens is 319 g/mol. The lowest BCUT2D eigenvalue weighted by Gasteiger charge is -2.08. The fourth-order valence-electron chi connectivity index (χ4n) is 1.58. The number of halogens is 3. The summed E-state index contributed by atoms with van der Waals surface area (Å²) in [4.78, 5) is 8.31. The maximum atomic E-state index is 12.6. The predicted octanol–water partition coefficient (Wildman–Crippen LogP) is 4.09. The van der Waals surface area contributed by atoms with E-state index in [2.05, 4.69) is 9.97 Å². The van der Waals surface area contributed by atoms with E-state index in [9.17, 15) is 13.2 Å². The molecule has 0 fully saturated rings. The molecule has 0 radical (unpaired) electrons. The largest absolute Gasteiger partial charge is 0.416 e. The minimum atomic E-state index is -4.33. The van der Waals surface area contributed by atoms with E-state index in [1.807, 2.05) is 6.26 Å². The fourth-order valence-corrected chi connectivity index (χ4v) is 2.86. The first-order chi connectivity index (χ1) is 9.88. The normalized spacial score (nSPS) is 11.6. The first-order valence-corrected chi connectivity index (χ1v) is 8.07. The number of benzene rings is 1. The number of hydrogen-bond acceptors (Lipinski definition) is 5. The number of nitrogens with two attached hydrogens (primary N) is 1. The van der Waals surface area contributed by atoms with Crippen molar-refractivity contribution in [3.8, 4) is 0 Å². The minimum Gasteiger partial charge on any atom is -0.384 e. The van der Waals surface area contributed by atoms with Gasteiger partial charge in [-0.3, -0.25) is 0 Å². The van der Waals surface area contributed by atoms with Crippen LogP contribution in [0.2, 0.25) is 0 Å². The van der Waals surface area contributed by atoms with E-state index in [0.717, 1.165) is 17.2 Å². The van der Waals surface area contributed by atoms with Crippen molar-refractivity contribution < 1.29 is 13.2 Å². The summed E-state index contributed by atoms with van der Waals surface area (Å²) in [6, 6.07) is 6.88. The first-order valence-electron chi connectivity index (χ1n) is 5.86. The highest BCUT2D eigenvalue weighted by Crippen LogP contribution is 2.31. The molecule has 0 aliphatic carbocycles. The standard InChI is InChI=1S/C13H12F3N3S2/c1-20-11-6-10(17)18-12(19-11)21-7-8-3-2-4-9(5-8)13(14,15)16/h2-6H,7H2,1H3,(H2,17,18,19). The summed E-state index contributed by atoms with van der Waals surface area (Å²) >= 11 is 2.69. The Labute approximate surface area is 128 Å². The van der Waals surface area contributed by atoms with E-state index >= 15 is 0 Å². The van der Waals surface area contributed by atoms with Gasteiger partial charge in [0, 0.05) is 11.8 Å². The molecule has 0 amide bonds. The molecule has 0 saturated carbocycles. The molecule has 2 N–H and O–H groups in total. The first kappa shape index (κ1) is 16.0. The van der Waals surface area contributed by atoms with Gasteiger partial charge in [0.1, 0.15) is 10.8 Å². The molecule has 1 aromatic heterocycles. The van der Waals surface area contributed by atoms with E-state index < -0.39 is 11.7 Å². The summed E-state index contributed by atoms with van der Waals surface area (Å²) in [6.45, 7) is 0. The zero-order valence-corrected chi connectivity index (χ0v) is 12.6. The number of thioether (sulfide) groups is 2. The van der Waals surface area contributed by atoms with Gasteiger partial charge >= 0.3 is 6.18 Å². The smallest absolute Gasteiger partial charge is 0.384 e. The molecule has 0 atom stereocenters. The van der Waals surface area contributed by atoms with Gasteiger partial charge in [0.2, 0.25) is 0 Å². The molecule has 8 heteroatoms. The predicted molar refractivity (Wildman–Crippen MR) is 79.2 cm³/mol. The summed E-state index contributed by atoms with van der Waals surface area (Å²) < 4.78 is 37.9. The van der Waals surface area contributed by atoms with Gasteiger partial charge in [-0.25, -0.2) is 9.97 Å². The summed E-state index contributed by atoms with van der Waals surface area (Å²) in [5.74, 6) is 0.696. The van der Waals surface area contributed by atoms with Crippen molar-refractivity contribution in [2.45, 2.75) is 22.1 Å². The lowest BCUT2D eigenvalue weighted by Crippen LogP contribution is -2.05. The second-order valence-corrected chi connectivity index (χ2v) is 5.87. The van der Waals surface area contributed by atoms with Crippen LogP contribution in [0.4, 0.5) is 19.0 Å². The van der Waals surface area contributed by atoms with Crippen LogP contribution in [0.5, 0.6) is 0 Å². The fraction of sp³-hybridized carbons (Fsp3) is 0.231. The second-order valence-electron chi connectivity index (χ2n) is 4.10. The summed E-state index contributed by atoms with van der Waals surface area (Å²) in [5, 5.41) is 1.19. The van der Waals surface area contributed by atoms with Crippen molar-refractivity contribution >= 4 is 29.3 Å². The van der Waals surface area contributed by atoms with Crippen molar-refractivity contribution in [1.82, 2.24) is 9.97 Å². The third kappa shape index (κ3) is 4.53. The van der Waals surface area contributed by atoms with Gasteiger partial charge in [0.15, 0.2) is 5.16 Å². The van der Waals surface area contributed by atoms with Crippen molar-refractivity contribution in [2.75, 3.05) is 12.0 Å². The summed E-state index contributed by atoms with van der Waals surface area (Å²) in [6.07, 6.45) is -2.47. The van der Waals surface area contributed by atoms with Gasteiger partial charge < -0.3 is 5.73 Å². The Morgan fingerprint density at radius 2 is 1.95 bits per heavy atom. The van der Waals surface area contributed by atoms with Gasteiger partial charge in [0.25, 0.3) is 0 Å². The molecule has 2 aromatic rings. The highest BCUT2D eigenvalue weighted by molar-refractivity contribution is 7.99. The van der Waals surface area contributed by atoms with E-state index in [4.69, 9.17) is 5.73 Å². The molecule has 2 rings (SSSR count). The number of alkyl halides is 3. The molecule has 1 aromatic carbocycles. The van der Waals surface area contributed by atoms with Gasteiger partial charge in [-0.05, 0) is 17.9 Å². The highest BCUT2D eigenvalue weighted by atomic mass is 32.2. The number of nitrogen functional groups attached to an aromatic ring is 1. The number of anilines is 1. The Balaban J connectivity index is 2.11. The van der Waals surface area contributed by atoms with Crippen LogP contribution in [0.3, 0.4) is 0 Å². The van der Waals surface area contributed by atoms with Crippen molar-refractivity contribution in [1.29, 1.82) is 0 Å². The summed E-state index contributed by atoms with van der Waals surface area (Å²) in [5.41, 5.74) is 5.57. The Bertz CT molecular complexity index is 632. The third-order valence-corrected chi connectivity index (χ3v) is 4.08. The maximum Gasteiger partial charge on any atom is 0.416 e. The molecule has 21 heavy (non-hydrogen) atoms. The maximum absolute atomic E-state index is 12.6. The lowest BCUT2D eigenvalue weighted by molar-refractivity contribution is -0.137. The van der Waals surface area contributed by atoms with Crippen LogP contribution in [0.1, 0.15) is 11.1 Å². The number of rotatable bonds is 4. The SMILES string of the molecule is CSc1cc(N)nc(SCc2cccc(C(F)(F)F)c2)n1. The Morgan fingerprint density at radius 3 is 2.62 bits per heavy atom. The molecule has 0 bridgehead atoms. The van der Waals surface area contributed by atoms with Gasteiger partial charge in [-0.1, -0.05) is 30.0 Å². The van der Waals surface area contributed by atoms with E-state index in [-0.39, 0.29) is 0 Å². The van der Waals surface area contributed by atoms with Gasteiger partial charge in [-0.2, -0.15) is 13.2 Å². The number of hydrogen-bond donors (Lipinski definition) is 1. The summed E-state index contributed by atoms with van der Waals surface area (Å²) in [7, 11) is 0. The average Bonchev–Trinajstić information content (AvgIpc) is 2.44. The quantitative estimate of drug-likeness (QED) is 0.519. The monoisotopic (exact) mass is 331 g/mol. The molecule has 0 spiro atoms. The Morgan fingerprint density at radius 1 is 1.19 bits per heavy atom.